The van der Waals surface area contributed by atoms with Gasteiger partial charge in [-0.05, 0) is 32.9 Å². The number of aliphatic hydroxyl groups is 1. The molecule has 0 fully saturated rings. The van der Waals surface area contributed by atoms with Crippen molar-refractivity contribution in [3.63, 3.8) is 0 Å². The Morgan fingerprint density at radius 3 is 2.56 bits per heavy atom. The maximum atomic E-state index is 12.6. The Balaban J connectivity index is 0.00000364. The highest BCUT2D eigenvalue weighted by molar-refractivity contribution is 14.0. The number of nitrogens with zero attached hydrogens (tertiary/aromatic N) is 2. The van der Waals surface area contributed by atoms with Gasteiger partial charge in [-0.25, -0.2) is 9.98 Å². The Morgan fingerprint density at radius 2 is 2.04 bits per heavy atom. The number of aliphatic imine (C=N–C) groups is 1. The summed E-state index contributed by atoms with van der Waals surface area (Å²) in [4.78, 5) is 7.75. The second-order valence-corrected chi connectivity index (χ2v) is 6.80. The van der Waals surface area contributed by atoms with Crippen molar-refractivity contribution in [1.82, 2.24) is 15.6 Å². The molecule has 152 valence electrons. The number of rotatable bonds is 6. The summed E-state index contributed by atoms with van der Waals surface area (Å²) in [6, 6.07) is 3.44. The van der Waals surface area contributed by atoms with Crippen LogP contribution < -0.4 is 10.6 Å². The lowest BCUT2D eigenvalue weighted by atomic mass is 10.0. The molecular weight excluding hydrogens is 496 g/mol. The molecule has 0 aliphatic heterocycles. The lowest BCUT2D eigenvalue weighted by molar-refractivity contribution is -0.140. The molecule has 0 radical (unpaired) electrons. The SMILES string of the molecule is CCNC(=NCc1nc(C(F)(F)F)cs1)NCC(C)(O)c1ccc(C)o1.I. The first-order chi connectivity index (χ1) is 12.1. The first kappa shape index (κ1) is 23.7. The van der Waals surface area contributed by atoms with E-state index in [1.165, 1.54) is 0 Å². The van der Waals surface area contributed by atoms with Gasteiger partial charge in [0, 0.05) is 11.9 Å². The minimum Gasteiger partial charge on any atom is -0.463 e. The van der Waals surface area contributed by atoms with Gasteiger partial charge in [-0.3, -0.25) is 0 Å². The van der Waals surface area contributed by atoms with E-state index in [1.807, 2.05) is 6.92 Å². The molecule has 0 aliphatic carbocycles. The van der Waals surface area contributed by atoms with E-state index in [0.717, 1.165) is 16.7 Å². The summed E-state index contributed by atoms with van der Waals surface area (Å²) in [6.07, 6.45) is -4.46. The minimum absolute atomic E-state index is 0. The Morgan fingerprint density at radius 1 is 1.33 bits per heavy atom. The molecule has 2 aromatic heterocycles. The number of halogens is 4. The van der Waals surface area contributed by atoms with Crippen LogP contribution in [0.15, 0.2) is 26.9 Å². The second-order valence-electron chi connectivity index (χ2n) is 5.86. The number of alkyl halides is 3. The number of nitrogens with one attached hydrogen (secondary N) is 2. The van der Waals surface area contributed by atoms with Gasteiger partial charge in [-0.1, -0.05) is 0 Å². The van der Waals surface area contributed by atoms with Crippen LogP contribution in [0, 0.1) is 6.92 Å². The molecule has 0 aromatic carbocycles. The molecule has 0 saturated carbocycles. The standard InChI is InChI=1S/C16H21F3N4O2S.HI/c1-4-20-14(21-7-13-23-11(8-26-13)16(17,18)19)22-9-15(3,24)12-6-5-10(2)25-12;/h5-6,8,24H,4,7,9H2,1-3H3,(H2,20,21,22);1H. The summed E-state index contributed by atoms with van der Waals surface area (Å²) < 4.78 is 43.2. The van der Waals surface area contributed by atoms with Gasteiger partial charge in [-0.2, -0.15) is 13.2 Å². The second kappa shape index (κ2) is 9.73. The van der Waals surface area contributed by atoms with Crippen molar-refractivity contribution in [2.75, 3.05) is 13.1 Å². The van der Waals surface area contributed by atoms with Crippen molar-refractivity contribution in [1.29, 1.82) is 0 Å². The fraction of sp³-hybridized carbons (Fsp3) is 0.500. The molecular formula is C16H22F3IN4O2S. The highest BCUT2D eigenvalue weighted by Gasteiger charge is 2.33. The molecule has 27 heavy (non-hydrogen) atoms. The number of aryl methyl sites for hydroxylation is 1. The Bertz CT molecular complexity index is 759. The van der Waals surface area contributed by atoms with E-state index in [-0.39, 0.29) is 42.1 Å². The first-order valence-electron chi connectivity index (χ1n) is 7.95. The number of hydrogen-bond acceptors (Lipinski definition) is 5. The van der Waals surface area contributed by atoms with Gasteiger partial charge in [0.15, 0.2) is 11.7 Å². The molecule has 0 saturated heterocycles. The van der Waals surface area contributed by atoms with Crippen molar-refractivity contribution < 1.29 is 22.7 Å². The van der Waals surface area contributed by atoms with E-state index in [9.17, 15) is 18.3 Å². The third kappa shape index (κ3) is 6.96. The smallest absolute Gasteiger partial charge is 0.434 e. The molecule has 1 atom stereocenters. The fourth-order valence-electron chi connectivity index (χ4n) is 2.07. The maximum absolute atomic E-state index is 12.6. The first-order valence-corrected chi connectivity index (χ1v) is 8.83. The van der Waals surface area contributed by atoms with E-state index >= 15 is 0 Å². The summed E-state index contributed by atoms with van der Waals surface area (Å²) in [5.41, 5.74) is -2.18. The van der Waals surface area contributed by atoms with Crippen molar-refractivity contribution >= 4 is 41.3 Å². The zero-order chi connectivity index (χ0) is 19.4. The van der Waals surface area contributed by atoms with Crippen LogP contribution >= 0.6 is 35.3 Å². The van der Waals surface area contributed by atoms with E-state index in [2.05, 4.69) is 20.6 Å². The minimum atomic E-state index is -4.46. The van der Waals surface area contributed by atoms with Crippen molar-refractivity contribution in [2.45, 2.75) is 39.1 Å². The fourth-order valence-corrected chi connectivity index (χ4v) is 2.79. The van der Waals surface area contributed by atoms with Crippen LogP contribution in [0.1, 0.15) is 36.1 Å². The van der Waals surface area contributed by atoms with Crippen molar-refractivity contribution in [3.8, 4) is 0 Å². The van der Waals surface area contributed by atoms with Crippen molar-refractivity contribution in [2.24, 2.45) is 4.99 Å². The molecule has 0 amide bonds. The maximum Gasteiger partial charge on any atom is 0.434 e. The molecule has 1 unspecified atom stereocenters. The Hall–Kier alpha value is -1.34. The van der Waals surface area contributed by atoms with Crippen LogP contribution in [-0.4, -0.2) is 29.1 Å². The monoisotopic (exact) mass is 518 g/mol. The summed E-state index contributed by atoms with van der Waals surface area (Å²) in [7, 11) is 0. The summed E-state index contributed by atoms with van der Waals surface area (Å²) in [5.74, 6) is 1.46. The zero-order valence-electron chi connectivity index (χ0n) is 15.1. The molecule has 6 nitrogen and oxygen atoms in total. The van der Waals surface area contributed by atoms with Gasteiger partial charge in [0.2, 0.25) is 0 Å². The van der Waals surface area contributed by atoms with Crippen molar-refractivity contribution in [3.05, 3.63) is 39.7 Å². The number of thiazole rings is 1. The van der Waals surface area contributed by atoms with E-state index in [4.69, 9.17) is 4.42 Å². The van der Waals surface area contributed by atoms with Gasteiger partial charge in [-0.15, -0.1) is 35.3 Å². The van der Waals surface area contributed by atoms with E-state index in [0.29, 0.717) is 24.0 Å². The third-order valence-electron chi connectivity index (χ3n) is 3.43. The van der Waals surface area contributed by atoms with Crippen LogP contribution in [-0.2, 0) is 18.3 Å². The normalized spacial score (nSPS) is 14.4. The van der Waals surface area contributed by atoms with Crippen LogP contribution in [0.5, 0.6) is 0 Å². The quantitative estimate of drug-likeness (QED) is 0.309. The lowest BCUT2D eigenvalue weighted by Gasteiger charge is -2.22. The average Bonchev–Trinajstić information content (AvgIpc) is 3.19. The highest BCUT2D eigenvalue weighted by atomic mass is 127. The molecule has 0 spiro atoms. The van der Waals surface area contributed by atoms with Crippen LogP contribution in [0.3, 0.4) is 0 Å². The Kier molecular flexibility index (Phi) is 8.54. The Labute approximate surface area is 176 Å². The number of furan rings is 1. The van der Waals surface area contributed by atoms with E-state index in [1.54, 1.807) is 26.0 Å². The highest BCUT2D eigenvalue weighted by Crippen LogP contribution is 2.30. The predicted octanol–water partition coefficient (Wildman–Crippen LogP) is 3.64. The summed E-state index contributed by atoms with van der Waals surface area (Å²) >= 11 is 0.902. The number of guanidine groups is 1. The van der Waals surface area contributed by atoms with Crippen LogP contribution in [0.4, 0.5) is 13.2 Å². The van der Waals surface area contributed by atoms with Crippen LogP contribution in [0.25, 0.3) is 0 Å². The van der Waals surface area contributed by atoms with Gasteiger partial charge in [0.1, 0.15) is 22.1 Å². The molecule has 3 N–H and O–H groups in total. The number of aromatic nitrogens is 1. The van der Waals surface area contributed by atoms with Crippen LogP contribution in [0.2, 0.25) is 0 Å². The largest absolute Gasteiger partial charge is 0.463 e. The number of hydrogen-bond donors (Lipinski definition) is 3. The topological polar surface area (TPSA) is 82.7 Å². The lowest BCUT2D eigenvalue weighted by Crippen LogP contribution is -2.44. The molecule has 2 aromatic rings. The average molecular weight is 518 g/mol. The van der Waals surface area contributed by atoms with Gasteiger partial charge in [0.05, 0.1) is 13.1 Å². The zero-order valence-corrected chi connectivity index (χ0v) is 18.2. The van der Waals surface area contributed by atoms with Gasteiger partial charge < -0.3 is 20.2 Å². The molecule has 0 bridgehead atoms. The summed E-state index contributed by atoms with van der Waals surface area (Å²) in [6.45, 7) is 5.89. The molecule has 11 heteroatoms. The predicted molar refractivity (Wildman–Crippen MR) is 108 cm³/mol. The van der Waals surface area contributed by atoms with Gasteiger partial charge in [0.25, 0.3) is 0 Å². The molecule has 0 aliphatic rings. The van der Waals surface area contributed by atoms with E-state index < -0.39 is 17.5 Å². The van der Waals surface area contributed by atoms with Gasteiger partial charge >= 0.3 is 6.18 Å². The summed E-state index contributed by atoms with van der Waals surface area (Å²) in [5, 5.41) is 17.7. The third-order valence-corrected chi connectivity index (χ3v) is 4.26. The molecule has 2 heterocycles. The molecule has 2 rings (SSSR count).